The topological polar surface area (TPSA) is 81.1 Å². The van der Waals surface area contributed by atoms with E-state index in [2.05, 4.69) is 42.8 Å². The van der Waals surface area contributed by atoms with Crippen molar-refractivity contribution in [2.75, 3.05) is 5.75 Å². The Bertz CT molecular complexity index is 1470. The van der Waals surface area contributed by atoms with Gasteiger partial charge in [-0.15, -0.1) is 0 Å². The Kier molecular flexibility index (Phi) is 7.08. The Morgan fingerprint density at radius 1 is 1.03 bits per heavy atom. The molecule has 0 radical (unpaired) electrons. The van der Waals surface area contributed by atoms with Gasteiger partial charge in [0, 0.05) is 24.6 Å². The maximum atomic E-state index is 12.9. The van der Waals surface area contributed by atoms with E-state index in [9.17, 15) is 13.2 Å². The quantitative estimate of drug-likeness (QED) is 0.367. The Hall–Kier alpha value is -3.45. The van der Waals surface area contributed by atoms with Crippen molar-refractivity contribution in [1.82, 2.24) is 14.9 Å². The molecule has 7 heteroatoms. The van der Waals surface area contributed by atoms with Crippen molar-refractivity contribution in [3.05, 3.63) is 94.8 Å². The first-order chi connectivity index (χ1) is 16.7. The fourth-order valence-corrected chi connectivity index (χ4v) is 5.12. The fourth-order valence-electron chi connectivity index (χ4n) is 4.24. The number of nitrogens with zero attached hydrogens (tertiary/aromatic N) is 2. The summed E-state index contributed by atoms with van der Waals surface area (Å²) in [7, 11) is -3.24. The molecule has 0 unspecified atom stereocenters. The van der Waals surface area contributed by atoms with Gasteiger partial charge in [0.1, 0.15) is 5.82 Å². The van der Waals surface area contributed by atoms with Crippen LogP contribution in [0.25, 0.3) is 11.0 Å². The summed E-state index contributed by atoms with van der Waals surface area (Å²) >= 11 is 0. The Morgan fingerprint density at radius 3 is 2.40 bits per heavy atom. The molecule has 182 valence electrons. The summed E-state index contributed by atoms with van der Waals surface area (Å²) in [4.78, 5) is 18.0. The van der Waals surface area contributed by atoms with Crippen molar-refractivity contribution in [2.24, 2.45) is 0 Å². The molecule has 1 aromatic heterocycles. The minimum absolute atomic E-state index is 0.0603. The van der Waals surface area contributed by atoms with Crippen molar-refractivity contribution in [3.8, 4) is 0 Å². The summed E-state index contributed by atoms with van der Waals surface area (Å²) in [5.74, 6) is 0.839. The number of nitrogens with one attached hydrogen (secondary N) is 1. The largest absolute Gasteiger partial charge is 0.348 e. The molecule has 35 heavy (non-hydrogen) atoms. The number of imidazole rings is 1. The van der Waals surface area contributed by atoms with Crippen molar-refractivity contribution >= 4 is 26.8 Å². The highest BCUT2D eigenvalue weighted by molar-refractivity contribution is 7.91. The van der Waals surface area contributed by atoms with Gasteiger partial charge < -0.3 is 9.88 Å². The van der Waals surface area contributed by atoms with E-state index >= 15 is 0 Å². The molecule has 0 aliphatic carbocycles. The lowest BCUT2D eigenvalue weighted by Gasteiger charge is -2.14. The zero-order valence-electron chi connectivity index (χ0n) is 20.6. The number of benzene rings is 3. The summed E-state index contributed by atoms with van der Waals surface area (Å²) < 4.78 is 26.2. The van der Waals surface area contributed by atoms with Gasteiger partial charge in [-0.05, 0) is 67.8 Å². The maximum Gasteiger partial charge on any atom is 0.251 e. The highest BCUT2D eigenvalue weighted by Gasteiger charge is 2.17. The van der Waals surface area contributed by atoms with Crippen LogP contribution in [0.1, 0.15) is 59.7 Å². The molecule has 0 aliphatic heterocycles. The molecular formula is C28H31N3O3S. The second-order valence-corrected chi connectivity index (χ2v) is 11.3. The second-order valence-electron chi connectivity index (χ2n) is 9.03. The number of aryl methyl sites for hydroxylation is 1. The van der Waals surface area contributed by atoms with Crippen molar-refractivity contribution < 1.29 is 13.2 Å². The summed E-state index contributed by atoms with van der Waals surface area (Å²) in [5, 5.41) is 2.92. The van der Waals surface area contributed by atoms with Crippen LogP contribution < -0.4 is 5.32 Å². The monoisotopic (exact) mass is 489 g/mol. The number of hydrogen-bond donors (Lipinski definition) is 1. The molecule has 0 fully saturated rings. The molecule has 0 bridgehead atoms. The molecule has 0 saturated heterocycles. The maximum absolute atomic E-state index is 12.9. The molecule has 0 spiro atoms. The average molecular weight is 490 g/mol. The number of sulfone groups is 1. The van der Waals surface area contributed by atoms with Crippen molar-refractivity contribution in [1.29, 1.82) is 0 Å². The Labute approximate surface area is 206 Å². The van der Waals surface area contributed by atoms with Crippen LogP contribution in [0.15, 0.2) is 71.6 Å². The normalized spacial score (nSPS) is 11.8. The summed E-state index contributed by atoms with van der Waals surface area (Å²) in [6.45, 7) is 8.31. The third-order valence-electron chi connectivity index (χ3n) is 6.27. The Balaban J connectivity index is 1.54. The lowest BCUT2D eigenvalue weighted by atomic mass is 10.1. The van der Waals surface area contributed by atoms with Crippen LogP contribution in [0.4, 0.5) is 0 Å². The van der Waals surface area contributed by atoms with Crippen LogP contribution in [0, 0.1) is 6.92 Å². The van der Waals surface area contributed by atoms with E-state index in [1.54, 1.807) is 31.2 Å². The van der Waals surface area contributed by atoms with Crippen LogP contribution in [0.2, 0.25) is 0 Å². The predicted molar refractivity (Wildman–Crippen MR) is 139 cm³/mol. The molecule has 1 N–H and O–H groups in total. The lowest BCUT2D eigenvalue weighted by molar-refractivity contribution is 0.0951. The number of carbonyl (C=O) groups is 1. The number of hydrogen-bond acceptors (Lipinski definition) is 4. The first-order valence-electron chi connectivity index (χ1n) is 11.8. The van der Waals surface area contributed by atoms with Crippen molar-refractivity contribution in [2.45, 2.75) is 51.6 Å². The number of rotatable bonds is 8. The molecule has 0 aliphatic rings. The molecule has 0 saturated carbocycles. The van der Waals surface area contributed by atoms with Gasteiger partial charge >= 0.3 is 0 Å². The zero-order valence-corrected chi connectivity index (χ0v) is 21.4. The van der Waals surface area contributed by atoms with E-state index in [0.717, 1.165) is 28.8 Å². The van der Waals surface area contributed by atoms with Gasteiger partial charge in [-0.3, -0.25) is 4.79 Å². The summed E-state index contributed by atoms with van der Waals surface area (Å²) in [6.07, 6.45) is 0.727. The van der Waals surface area contributed by atoms with Crippen LogP contribution in [0.5, 0.6) is 0 Å². The fraction of sp³-hybridized carbons (Fsp3) is 0.286. The van der Waals surface area contributed by atoms with Gasteiger partial charge in [-0.25, -0.2) is 13.4 Å². The van der Waals surface area contributed by atoms with E-state index in [1.807, 2.05) is 30.3 Å². The van der Waals surface area contributed by atoms with E-state index in [-0.39, 0.29) is 17.7 Å². The SMILES string of the molecule is CCS(=O)(=O)c1ccc(CNC(=O)c2ccc3c(c2)nc(Cc2ccccc2C)n3C(C)C)cc1. The first-order valence-corrected chi connectivity index (χ1v) is 13.5. The van der Waals surface area contributed by atoms with Gasteiger partial charge in [-0.2, -0.15) is 0 Å². The number of amides is 1. The van der Waals surface area contributed by atoms with Crippen molar-refractivity contribution in [3.63, 3.8) is 0 Å². The number of fused-ring (bicyclic) bond motifs is 1. The van der Waals surface area contributed by atoms with Crippen LogP contribution >= 0.6 is 0 Å². The van der Waals surface area contributed by atoms with E-state index in [1.165, 1.54) is 11.1 Å². The van der Waals surface area contributed by atoms with Gasteiger partial charge in [0.2, 0.25) is 0 Å². The summed E-state index contributed by atoms with van der Waals surface area (Å²) in [5.41, 5.74) is 5.64. The highest BCUT2D eigenvalue weighted by Crippen LogP contribution is 2.25. The third kappa shape index (κ3) is 5.30. The van der Waals surface area contributed by atoms with E-state index in [4.69, 9.17) is 4.98 Å². The molecular weight excluding hydrogens is 458 g/mol. The van der Waals surface area contributed by atoms with Gasteiger partial charge in [-0.1, -0.05) is 43.3 Å². The molecule has 4 aromatic rings. The average Bonchev–Trinajstić information content (AvgIpc) is 3.21. The van der Waals surface area contributed by atoms with Gasteiger partial charge in [0.05, 0.1) is 21.7 Å². The van der Waals surface area contributed by atoms with Gasteiger partial charge in [0.15, 0.2) is 9.84 Å². The van der Waals surface area contributed by atoms with Crippen LogP contribution in [0.3, 0.4) is 0 Å². The summed E-state index contributed by atoms with van der Waals surface area (Å²) in [6, 6.07) is 20.8. The molecule has 3 aromatic carbocycles. The Morgan fingerprint density at radius 2 is 1.74 bits per heavy atom. The molecule has 0 atom stereocenters. The van der Waals surface area contributed by atoms with E-state index < -0.39 is 9.84 Å². The predicted octanol–water partition coefficient (Wildman–Crippen LogP) is 5.24. The smallest absolute Gasteiger partial charge is 0.251 e. The highest BCUT2D eigenvalue weighted by atomic mass is 32.2. The third-order valence-corrected chi connectivity index (χ3v) is 8.02. The van der Waals surface area contributed by atoms with Crippen LogP contribution in [-0.4, -0.2) is 29.6 Å². The van der Waals surface area contributed by atoms with E-state index in [0.29, 0.717) is 17.0 Å². The molecule has 1 heterocycles. The standard InChI is InChI=1S/C28H31N3O3S/c1-5-35(33,34)24-13-10-21(11-14-24)18-29-28(32)23-12-15-26-25(16-23)30-27(31(26)19(2)3)17-22-9-7-6-8-20(22)4/h6-16,19H,5,17-18H2,1-4H3,(H,29,32). The lowest BCUT2D eigenvalue weighted by Crippen LogP contribution is -2.22. The van der Waals surface area contributed by atoms with Gasteiger partial charge in [0.25, 0.3) is 5.91 Å². The second kappa shape index (κ2) is 10.0. The minimum Gasteiger partial charge on any atom is -0.348 e. The minimum atomic E-state index is -3.24. The number of aromatic nitrogens is 2. The first kappa shape index (κ1) is 24.7. The molecule has 4 rings (SSSR count). The van der Waals surface area contributed by atoms with Crippen LogP contribution in [-0.2, 0) is 22.8 Å². The molecule has 6 nitrogen and oxygen atoms in total. The number of carbonyl (C=O) groups excluding carboxylic acids is 1. The zero-order chi connectivity index (χ0) is 25.2. The molecule has 1 amide bonds.